The van der Waals surface area contributed by atoms with E-state index in [1.807, 2.05) is 32.2 Å². The number of carbonyl (C=O) groups is 1. The highest BCUT2D eigenvalue weighted by molar-refractivity contribution is 7.20. The number of H-pyrrole nitrogens is 1. The molecule has 1 atom stereocenters. The number of fused-ring (bicyclic) bond motifs is 2. The van der Waals surface area contributed by atoms with E-state index >= 15 is 0 Å². The fraction of sp³-hybridized carbons (Fsp3) is 0.318. The molecule has 156 valence electrons. The van der Waals surface area contributed by atoms with E-state index < -0.39 is 0 Å². The van der Waals surface area contributed by atoms with Gasteiger partial charge in [-0.2, -0.15) is 0 Å². The molecule has 0 aliphatic carbocycles. The zero-order valence-corrected chi connectivity index (χ0v) is 18.4. The molecule has 3 heterocycles. The number of methoxy groups -OCH3 is 1. The first-order valence-electron chi connectivity index (χ1n) is 9.71. The number of ether oxygens (including phenoxy) is 1. The van der Waals surface area contributed by atoms with E-state index in [-0.39, 0.29) is 17.5 Å². The predicted octanol–water partition coefficient (Wildman–Crippen LogP) is 3.46. The van der Waals surface area contributed by atoms with Crippen molar-refractivity contribution in [1.29, 1.82) is 0 Å². The molecule has 2 N–H and O–H groups in total. The summed E-state index contributed by atoms with van der Waals surface area (Å²) in [4.78, 5) is 33.4. The maximum Gasteiger partial charge on any atom is 0.261 e. The number of amides is 1. The van der Waals surface area contributed by atoms with E-state index in [0.29, 0.717) is 32.9 Å². The van der Waals surface area contributed by atoms with Crippen molar-refractivity contribution in [3.63, 3.8) is 0 Å². The van der Waals surface area contributed by atoms with Crippen LogP contribution in [0.1, 0.15) is 33.5 Å². The zero-order valence-electron chi connectivity index (χ0n) is 17.6. The Morgan fingerprint density at radius 2 is 2.13 bits per heavy atom. The van der Waals surface area contributed by atoms with Crippen LogP contribution in [-0.4, -0.2) is 33.6 Å². The molecule has 0 saturated carbocycles. The Morgan fingerprint density at radius 1 is 1.37 bits per heavy atom. The predicted molar refractivity (Wildman–Crippen MR) is 120 cm³/mol. The van der Waals surface area contributed by atoms with Gasteiger partial charge in [-0.25, -0.2) is 4.98 Å². The second kappa shape index (κ2) is 7.60. The van der Waals surface area contributed by atoms with E-state index in [9.17, 15) is 9.59 Å². The fourth-order valence-corrected chi connectivity index (χ4v) is 5.01. The van der Waals surface area contributed by atoms with E-state index in [0.717, 1.165) is 22.2 Å². The molecular formula is C22H24N4O3S. The van der Waals surface area contributed by atoms with Gasteiger partial charge >= 0.3 is 0 Å². The normalized spacial score (nSPS) is 12.4. The van der Waals surface area contributed by atoms with Crippen LogP contribution in [0.25, 0.3) is 21.1 Å². The first kappa shape index (κ1) is 20.2. The molecule has 0 aliphatic rings. The van der Waals surface area contributed by atoms with Crippen LogP contribution in [0.3, 0.4) is 0 Å². The molecule has 30 heavy (non-hydrogen) atoms. The number of rotatable bonds is 5. The van der Waals surface area contributed by atoms with Crippen molar-refractivity contribution in [3.05, 3.63) is 56.6 Å². The molecule has 3 aromatic heterocycles. The quantitative estimate of drug-likeness (QED) is 0.513. The highest BCUT2D eigenvalue weighted by atomic mass is 32.1. The smallest absolute Gasteiger partial charge is 0.261 e. The lowest BCUT2D eigenvalue weighted by molar-refractivity contribution is 0.0944. The standard InChI is InChI=1S/C22H24N4O3S/c1-11(8-14-10-26(4)17-7-6-15(29-5)9-16(14)17)23-21(28)19-12(2)18-20(27)24-13(3)25-22(18)30-19/h6-7,9-11H,8H2,1-5H3,(H,23,28)(H,24,25,27)/t11-/m1/s1. The van der Waals surface area contributed by atoms with Gasteiger partial charge in [0.25, 0.3) is 11.5 Å². The number of benzene rings is 1. The third-order valence-corrected chi connectivity index (χ3v) is 6.49. The first-order chi connectivity index (χ1) is 14.3. The number of aryl methyl sites for hydroxylation is 3. The average Bonchev–Trinajstić information content (AvgIpc) is 3.18. The molecule has 1 amide bonds. The van der Waals surface area contributed by atoms with Gasteiger partial charge in [-0.1, -0.05) is 0 Å². The lowest BCUT2D eigenvalue weighted by Gasteiger charge is -2.13. The summed E-state index contributed by atoms with van der Waals surface area (Å²) in [5.41, 5.74) is 2.72. The van der Waals surface area contributed by atoms with Gasteiger partial charge in [-0.15, -0.1) is 11.3 Å². The van der Waals surface area contributed by atoms with Crippen LogP contribution in [0, 0.1) is 13.8 Å². The minimum absolute atomic E-state index is 0.0908. The molecule has 8 heteroatoms. The van der Waals surface area contributed by atoms with Crippen LogP contribution in [0.4, 0.5) is 0 Å². The van der Waals surface area contributed by atoms with Crippen LogP contribution in [0.15, 0.2) is 29.2 Å². The molecule has 1 aromatic carbocycles. The third kappa shape index (κ3) is 3.47. The molecular weight excluding hydrogens is 400 g/mol. The first-order valence-corrected chi connectivity index (χ1v) is 10.5. The second-order valence-electron chi connectivity index (χ2n) is 7.61. The summed E-state index contributed by atoms with van der Waals surface area (Å²) >= 11 is 1.26. The summed E-state index contributed by atoms with van der Waals surface area (Å²) < 4.78 is 7.44. The Balaban J connectivity index is 1.58. The summed E-state index contributed by atoms with van der Waals surface area (Å²) in [6, 6.07) is 5.91. The number of nitrogens with zero attached hydrogens (tertiary/aromatic N) is 2. The minimum atomic E-state index is -0.206. The molecule has 7 nitrogen and oxygen atoms in total. The maximum absolute atomic E-state index is 12.9. The Kier molecular flexibility index (Phi) is 5.11. The molecule has 0 unspecified atom stereocenters. The van der Waals surface area contributed by atoms with Gasteiger partial charge in [-0.3, -0.25) is 9.59 Å². The molecule has 4 rings (SSSR count). The van der Waals surface area contributed by atoms with Gasteiger partial charge in [-0.05, 0) is 56.5 Å². The lowest BCUT2D eigenvalue weighted by atomic mass is 10.1. The largest absolute Gasteiger partial charge is 0.497 e. The van der Waals surface area contributed by atoms with E-state index in [2.05, 4.69) is 26.0 Å². The van der Waals surface area contributed by atoms with Crippen molar-refractivity contribution < 1.29 is 9.53 Å². The SMILES string of the molecule is COc1ccc2c(c1)c(C[C@@H](C)NC(=O)c1sc3nc(C)[nH]c(=O)c3c1C)cn2C. The zero-order chi connectivity index (χ0) is 21.6. The van der Waals surface area contributed by atoms with Crippen molar-refractivity contribution >= 4 is 38.4 Å². The highest BCUT2D eigenvalue weighted by Gasteiger charge is 2.21. The third-order valence-electron chi connectivity index (χ3n) is 5.31. The van der Waals surface area contributed by atoms with Gasteiger partial charge in [0.05, 0.1) is 17.4 Å². The molecule has 0 aliphatic heterocycles. The Labute approximate surface area is 177 Å². The number of thiophene rings is 1. The number of aromatic amines is 1. The monoisotopic (exact) mass is 424 g/mol. The highest BCUT2D eigenvalue weighted by Crippen LogP contribution is 2.28. The summed E-state index contributed by atoms with van der Waals surface area (Å²) in [5.74, 6) is 1.17. The number of nitrogens with one attached hydrogen (secondary N) is 2. The molecule has 0 spiro atoms. The Hall–Kier alpha value is -3.13. The lowest BCUT2D eigenvalue weighted by Crippen LogP contribution is -2.34. The second-order valence-corrected chi connectivity index (χ2v) is 8.61. The maximum atomic E-state index is 12.9. The van der Waals surface area contributed by atoms with Gasteiger partial charge in [0.2, 0.25) is 0 Å². The summed E-state index contributed by atoms with van der Waals surface area (Å²) in [6.07, 6.45) is 2.77. The van der Waals surface area contributed by atoms with Crippen molar-refractivity contribution in [2.24, 2.45) is 7.05 Å². The fourth-order valence-electron chi connectivity index (χ4n) is 3.88. The summed E-state index contributed by atoms with van der Waals surface area (Å²) in [5, 5.41) is 4.68. The van der Waals surface area contributed by atoms with Crippen molar-refractivity contribution in [2.75, 3.05) is 7.11 Å². The summed E-state index contributed by atoms with van der Waals surface area (Å²) in [6.45, 7) is 5.51. The number of carbonyl (C=O) groups excluding carboxylic acids is 1. The van der Waals surface area contributed by atoms with Crippen molar-refractivity contribution in [2.45, 2.75) is 33.2 Å². The summed E-state index contributed by atoms with van der Waals surface area (Å²) in [7, 11) is 3.66. The number of aromatic nitrogens is 3. The average molecular weight is 425 g/mol. The van der Waals surface area contributed by atoms with Crippen LogP contribution < -0.4 is 15.6 Å². The van der Waals surface area contributed by atoms with Crippen molar-refractivity contribution in [1.82, 2.24) is 19.9 Å². The molecule has 0 fully saturated rings. The van der Waals surface area contributed by atoms with E-state index in [4.69, 9.17) is 4.74 Å². The molecule has 0 saturated heterocycles. The number of hydrogen-bond acceptors (Lipinski definition) is 5. The van der Waals surface area contributed by atoms with Crippen LogP contribution in [-0.2, 0) is 13.5 Å². The van der Waals surface area contributed by atoms with Gasteiger partial charge in [0.1, 0.15) is 16.4 Å². The minimum Gasteiger partial charge on any atom is -0.497 e. The van der Waals surface area contributed by atoms with Gasteiger partial charge in [0, 0.05) is 30.2 Å². The topological polar surface area (TPSA) is 89.0 Å². The Morgan fingerprint density at radius 3 is 2.87 bits per heavy atom. The molecule has 0 bridgehead atoms. The number of hydrogen-bond donors (Lipinski definition) is 2. The van der Waals surface area contributed by atoms with Crippen LogP contribution >= 0.6 is 11.3 Å². The van der Waals surface area contributed by atoms with E-state index in [1.54, 1.807) is 21.0 Å². The molecule has 4 aromatic rings. The van der Waals surface area contributed by atoms with Crippen LogP contribution in [0.2, 0.25) is 0 Å². The van der Waals surface area contributed by atoms with E-state index in [1.165, 1.54) is 11.3 Å². The Bertz CT molecular complexity index is 1330. The van der Waals surface area contributed by atoms with Crippen molar-refractivity contribution in [3.8, 4) is 5.75 Å². The van der Waals surface area contributed by atoms with Gasteiger partial charge < -0.3 is 19.6 Å². The van der Waals surface area contributed by atoms with Gasteiger partial charge in [0.15, 0.2) is 0 Å². The van der Waals surface area contributed by atoms with Crippen LogP contribution in [0.5, 0.6) is 5.75 Å². The molecule has 0 radical (unpaired) electrons.